The fourth-order valence-corrected chi connectivity index (χ4v) is 2.11. The molecule has 2 rings (SSSR count). The number of carbonyl (C=O) groups is 3. The molecule has 0 unspecified atom stereocenters. The van der Waals surface area contributed by atoms with Gasteiger partial charge in [-0.2, -0.15) is 0 Å². The average molecular weight is 357 g/mol. The van der Waals surface area contributed by atoms with Crippen molar-refractivity contribution in [1.82, 2.24) is 0 Å². The van der Waals surface area contributed by atoms with E-state index in [1.54, 1.807) is 6.07 Å². The van der Waals surface area contributed by atoms with E-state index in [9.17, 15) is 24.5 Å². The zero-order valence-electron chi connectivity index (χ0n) is 13.5. The highest BCUT2D eigenvalue weighted by molar-refractivity contribution is 5.95. The van der Waals surface area contributed by atoms with Crippen LogP contribution in [0.1, 0.15) is 15.9 Å². The molecule has 0 aromatic heterocycles. The van der Waals surface area contributed by atoms with Crippen molar-refractivity contribution in [1.29, 1.82) is 0 Å². The van der Waals surface area contributed by atoms with Gasteiger partial charge >= 0.3 is 5.97 Å². The molecule has 2 aromatic carbocycles. The standard InChI is InChI=1S/C17H15N3O6/c18-17(23)11-5-7-13(8-6-11)19-15(21)10-26-16(22)9-12-3-1-2-4-14(12)20(24)25/h1-8H,9-10H2,(H2,18,23)(H,19,21). The predicted molar refractivity (Wildman–Crippen MR) is 91.3 cm³/mol. The lowest BCUT2D eigenvalue weighted by Gasteiger charge is -2.07. The highest BCUT2D eigenvalue weighted by Gasteiger charge is 2.17. The highest BCUT2D eigenvalue weighted by Crippen LogP contribution is 2.18. The second kappa shape index (κ2) is 8.38. The van der Waals surface area contributed by atoms with E-state index < -0.39 is 29.3 Å². The summed E-state index contributed by atoms with van der Waals surface area (Å²) in [6.45, 7) is -0.545. The van der Waals surface area contributed by atoms with Crippen LogP contribution in [0.3, 0.4) is 0 Å². The van der Waals surface area contributed by atoms with Gasteiger partial charge in [0.1, 0.15) is 0 Å². The van der Waals surface area contributed by atoms with Gasteiger partial charge in [-0.15, -0.1) is 0 Å². The summed E-state index contributed by atoms with van der Waals surface area (Å²) in [5.41, 5.74) is 5.81. The summed E-state index contributed by atoms with van der Waals surface area (Å²) in [6, 6.07) is 11.6. The number of carbonyl (C=O) groups excluding carboxylic acids is 3. The van der Waals surface area contributed by atoms with Gasteiger partial charge in [0, 0.05) is 22.9 Å². The minimum Gasteiger partial charge on any atom is -0.455 e. The van der Waals surface area contributed by atoms with Crippen molar-refractivity contribution in [2.45, 2.75) is 6.42 Å². The molecule has 0 saturated heterocycles. The number of para-hydroxylation sites is 1. The van der Waals surface area contributed by atoms with E-state index in [0.29, 0.717) is 11.3 Å². The number of nitrogens with zero attached hydrogens (tertiary/aromatic N) is 1. The van der Waals surface area contributed by atoms with E-state index in [1.807, 2.05) is 0 Å². The Bertz CT molecular complexity index is 848. The van der Waals surface area contributed by atoms with Crippen molar-refractivity contribution >= 4 is 29.2 Å². The number of ether oxygens (including phenoxy) is 1. The van der Waals surface area contributed by atoms with Crippen LogP contribution in [0.15, 0.2) is 48.5 Å². The van der Waals surface area contributed by atoms with Gasteiger partial charge in [-0.1, -0.05) is 18.2 Å². The number of nitro benzene ring substituents is 1. The fourth-order valence-electron chi connectivity index (χ4n) is 2.11. The Morgan fingerprint density at radius 2 is 1.73 bits per heavy atom. The number of hydrogen-bond donors (Lipinski definition) is 2. The molecular formula is C17H15N3O6. The quantitative estimate of drug-likeness (QED) is 0.436. The molecule has 9 nitrogen and oxygen atoms in total. The number of primary amides is 1. The summed E-state index contributed by atoms with van der Waals surface area (Å²) < 4.78 is 4.83. The van der Waals surface area contributed by atoms with Crippen molar-refractivity contribution < 1.29 is 24.0 Å². The molecule has 0 aliphatic heterocycles. The Hall–Kier alpha value is -3.75. The van der Waals surface area contributed by atoms with Gasteiger partial charge in [0.25, 0.3) is 11.6 Å². The fraction of sp³-hybridized carbons (Fsp3) is 0.118. The summed E-state index contributed by atoms with van der Waals surface area (Å²) in [5, 5.41) is 13.4. The number of benzene rings is 2. The third kappa shape index (κ3) is 5.13. The van der Waals surface area contributed by atoms with Crippen LogP contribution in [0.2, 0.25) is 0 Å². The molecule has 0 atom stereocenters. The van der Waals surface area contributed by atoms with Crippen LogP contribution in [-0.4, -0.2) is 29.3 Å². The Balaban J connectivity index is 1.86. The Morgan fingerprint density at radius 1 is 1.08 bits per heavy atom. The summed E-state index contributed by atoms with van der Waals surface area (Å²) >= 11 is 0. The van der Waals surface area contributed by atoms with Crippen LogP contribution in [0.4, 0.5) is 11.4 Å². The minimum atomic E-state index is -0.765. The minimum absolute atomic E-state index is 0.191. The lowest BCUT2D eigenvalue weighted by Crippen LogP contribution is -2.22. The molecule has 26 heavy (non-hydrogen) atoms. The summed E-state index contributed by atoms with van der Waals surface area (Å²) in [5.74, 6) is -1.95. The molecule has 0 radical (unpaired) electrons. The van der Waals surface area contributed by atoms with E-state index in [-0.39, 0.29) is 17.7 Å². The topological polar surface area (TPSA) is 142 Å². The van der Waals surface area contributed by atoms with E-state index in [0.717, 1.165) is 0 Å². The van der Waals surface area contributed by atoms with Gasteiger partial charge in [-0.3, -0.25) is 24.5 Å². The number of nitro groups is 1. The van der Waals surface area contributed by atoms with E-state index in [1.165, 1.54) is 42.5 Å². The Labute approximate surface area is 147 Å². The zero-order valence-corrected chi connectivity index (χ0v) is 13.5. The summed E-state index contributed by atoms with van der Waals surface area (Å²) in [6.07, 6.45) is -0.322. The van der Waals surface area contributed by atoms with E-state index in [2.05, 4.69) is 5.32 Å². The number of hydrogen-bond acceptors (Lipinski definition) is 6. The normalized spacial score (nSPS) is 10.0. The maximum Gasteiger partial charge on any atom is 0.311 e. The summed E-state index contributed by atoms with van der Waals surface area (Å²) in [4.78, 5) is 44.8. The first-order valence-electron chi connectivity index (χ1n) is 7.44. The van der Waals surface area contributed by atoms with Crippen molar-refractivity contribution in [3.63, 3.8) is 0 Å². The first-order chi connectivity index (χ1) is 12.4. The van der Waals surface area contributed by atoms with Crippen molar-refractivity contribution in [2.75, 3.05) is 11.9 Å². The first-order valence-corrected chi connectivity index (χ1v) is 7.44. The Kier molecular flexibility index (Phi) is 5.99. The lowest BCUT2D eigenvalue weighted by molar-refractivity contribution is -0.385. The molecule has 9 heteroatoms. The van der Waals surface area contributed by atoms with E-state index >= 15 is 0 Å². The van der Waals surface area contributed by atoms with Gasteiger partial charge < -0.3 is 15.8 Å². The molecule has 0 bridgehead atoms. The number of nitrogens with one attached hydrogen (secondary N) is 1. The number of amides is 2. The molecule has 2 amide bonds. The van der Waals surface area contributed by atoms with Gasteiger partial charge in [0.05, 0.1) is 11.3 Å². The van der Waals surface area contributed by atoms with Crippen LogP contribution in [0.5, 0.6) is 0 Å². The van der Waals surface area contributed by atoms with Gasteiger partial charge in [0.2, 0.25) is 5.91 Å². The molecule has 0 heterocycles. The third-order valence-electron chi connectivity index (χ3n) is 3.34. The molecule has 2 aromatic rings. The maximum absolute atomic E-state index is 11.8. The van der Waals surface area contributed by atoms with Crippen molar-refractivity contribution in [3.05, 3.63) is 69.8 Å². The summed E-state index contributed by atoms with van der Waals surface area (Å²) in [7, 11) is 0. The Morgan fingerprint density at radius 3 is 2.35 bits per heavy atom. The van der Waals surface area contributed by atoms with Gasteiger partial charge in [0.15, 0.2) is 6.61 Å². The second-order valence-electron chi connectivity index (χ2n) is 5.21. The molecule has 0 aliphatic carbocycles. The number of anilines is 1. The van der Waals surface area contributed by atoms with Crippen LogP contribution < -0.4 is 11.1 Å². The van der Waals surface area contributed by atoms with Gasteiger partial charge in [-0.25, -0.2) is 0 Å². The molecule has 0 spiro atoms. The molecular weight excluding hydrogens is 342 g/mol. The average Bonchev–Trinajstić information content (AvgIpc) is 2.60. The van der Waals surface area contributed by atoms with Crippen LogP contribution in [-0.2, 0) is 20.7 Å². The van der Waals surface area contributed by atoms with Crippen molar-refractivity contribution in [2.24, 2.45) is 5.73 Å². The number of esters is 1. The molecule has 0 fully saturated rings. The predicted octanol–water partition coefficient (Wildman–Crippen LogP) is 1.42. The van der Waals surface area contributed by atoms with Gasteiger partial charge in [-0.05, 0) is 24.3 Å². The molecule has 3 N–H and O–H groups in total. The zero-order chi connectivity index (χ0) is 19.1. The van der Waals surface area contributed by atoms with Crippen LogP contribution in [0.25, 0.3) is 0 Å². The number of nitrogens with two attached hydrogens (primary N) is 1. The highest BCUT2D eigenvalue weighted by atomic mass is 16.6. The van der Waals surface area contributed by atoms with Crippen molar-refractivity contribution in [3.8, 4) is 0 Å². The molecule has 0 aliphatic rings. The first kappa shape index (κ1) is 18.6. The molecule has 134 valence electrons. The number of rotatable bonds is 7. The largest absolute Gasteiger partial charge is 0.455 e. The monoisotopic (exact) mass is 357 g/mol. The SMILES string of the molecule is NC(=O)c1ccc(NC(=O)COC(=O)Cc2ccccc2[N+](=O)[O-])cc1. The van der Waals surface area contributed by atoms with E-state index in [4.69, 9.17) is 10.5 Å². The maximum atomic E-state index is 11.8. The third-order valence-corrected chi connectivity index (χ3v) is 3.34. The van der Waals surface area contributed by atoms with Crippen LogP contribution in [0, 0.1) is 10.1 Å². The lowest BCUT2D eigenvalue weighted by atomic mass is 10.1. The second-order valence-corrected chi connectivity index (χ2v) is 5.21. The molecule has 0 saturated carbocycles. The van der Waals surface area contributed by atoms with Crippen LogP contribution >= 0.6 is 0 Å². The smallest absolute Gasteiger partial charge is 0.311 e.